The molecule has 3 nitrogen and oxygen atoms in total. The number of anilines is 1. The highest BCUT2D eigenvalue weighted by Gasteiger charge is 2.46. The molecule has 1 aliphatic carbocycles. The summed E-state index contributed by atoms with van der Waals surface area (Å²) >= 11 is 6.06. The van der Waals surface area contributed by atoms with Crippen LogP contribution in [0.25, 0.3) is 0 Å². The number of carbonyl (C=O) groups excluding carboxylic acids is 1. The maximum absolute atomic E-state index is 13.5. The van der Waals surface area contributed by atoms with Crippen LogP contribution in [-0.4, -0.2) is 25.9 Å². The fraction of sp³-hybridized carbons (Fsp3) is 0.471. The second-order valence-corrected chi connectivity index (χ2v) is 6.24. The first-order valence-electron chi connectivity index (χ1n) is 7.49. The average molecular weight is 340 g/mol. The summed E-state index contributed by atoms with van der Waals surface area (Å²) in [5, 5.41) is 3.30. The molecule has 0 unspecified atom stereocenters. The van der Waals surface area contributed by atoms with Crippen molar-refractivity contribution in [2.45, 2.75) is 18.4 Å². The standard InChI is InChI=1S/C17H16ClF2NO2/c18-13-3-4-15-14(7-13)17(12(8-19)9-20,6-5-11-1-2-11)23-16(22)10-21-15/h3-4,7,11-12,21H,1-2,8-10H2/t17-/m1/s1. The van der Waals surface area contributed by atoms with Crippen LogP contribution in [0.4, 0.5) is 14.5 Å². The van der Waals surface area contributed by atoms with Crippen LogP contribution in [0.3, 0.4) is 0 Å². The molecule has 1 saturated carbocycles. The number of esters is 1. The van der Waals surface area contributed by atoms with E-state index in [1.165, 1.54) is 0 Å². The van der Waals surface area contributed by atoms with E-state index in [1.54, 1.807) is 18.2 Å². The molecule has 3 rings (SSSR count). The van der Waals surface area contributed by atoms with Gasteiger partial charge < -0.3 is 10.1 Å². The minimum absolute atomic E-state index is 0.0905. The van der Waals surface area contributed by atoms with Gasteiger partial charge in [-0.15, -0.1) is 0 Å². The van der Waals surface area contributed by atoms with Crippen molar-refractivity contribution in [1.29, 1.82) is 0 Å². The maximum atomic E-state index is 13.5. The van der Waals surface area contributed by atoms with Gasteiger partial charge in [0.1, 0.15) is 6.54 Å². The summed E-state index contributed by atoms with van der Waals surface area (Å²) in [6, 6.07) is 4.87. The van der Waals surface area contributed by atoms with E-state index in [0.717, 1.165) is 12.8 Å². The molecule has 122 valence electrons. The van der Waals surface area contributed by atoms with Crippen LogP contribution in [0.5, 0.6) is 0 Å². The molecule has 1 fully saturated rings. The number of ether oxygens (including phenoxy) is 1. The number of rotatable bonds is 3. The van der Waals surface area contributed by atoms with Crippen molar-refractivity contribution in [3.8, 4) is 11.8 Å². The number of carbonyl (C=O) groups is 1. The summed E-state index contributed by atoms with van der Waals surface area (Å²) in [6.07, 6.45) is 1.90. The summed E-state index contributed by atoms with van der Waals surface area (Å²) in [6.45, 7) is -2.07. The second-order valence-electron chi connectivity index (χ2n) is 5.80. The molecule has 1 heterocycles. The molecule has 0 aromatic heterocycles. The first kappa shape index (κ1) is 16.1. The van der Waals surface area contributed by atoms with Crippen LogP contribution in [0.1, 0.15) is 18.4 Å². The van der Waals surface area contributed by atoms with E-state index >= 15 is 0 Å². The molecule has 1 aromatic rings. The van der Waals surface area contributed by atoms with Gasteiger partial charge in [0.15, 0.2) is 0 Å². The third-order valence-electron chi connectivity index (χ3n) is 4.07. The predicted molar refractivity (Wildman–Crippen MR) is 83.7 cm³/mol. The minimum atomic E-state index is -1.66. The largest absolute Gasteiger partial charge is 0.439 e. The zero-order valence-corrected chi connectivity index (χ0v) is 13.1. The first-order chi connectivity index (χ1) is 11.1. The molecule has 0 bridgehead atoms. The SMILES string of the molecule is O=C1CNc2ccc(Cl)cc2[C@@](C#CC2CC2)(C(CF)CF)O1. The van der Waals surface area contributed by atoms with Gasteiger partial charge in [-0.3, -0.25) is 13.6 Å². The molecule has 1 aliphatic heterocycles. The fourth-order valence-electron chi connectivity index (χ4n) is 2.61. The molecule has 6 heteroatoms. The highest BCUT2D eigenvalue weighted by molar-refractivity contribution is 6.30. The van der Waals surface area contributed by atoms with Crippen LogP contribution in [-0.2, 0) is 15.1 Å². The lowest BCUT2D eigenvalue weighted by atomic mass is 9.81. The van der Waals surface area contributed by atoms with Crippen molar-refractivity contribution in [3.63, 3.8) is 0 Å². The number of benzene rings is 1. The third-order valence-corrected chi connectivity index (χ3v) is 4.30. The van der Waals surface area contributed by atoms with Crippen molar-refractivity contribution < 1.29 is 18.3 Å². The molecular formula is C17H16ClF2NO2. The van der Waals surface area contributed by atoms with Gasteiger partial charge in [0.25, 0.3) is 0 Å². The van der Waals surface area contributed by atoms with Crippen molar-refractivity contribution in [1.82, 2.24) is 0 Å². The van der Waals surface area contributed by atoms with Crippen molar-refractivity contribution in [3.05, 3.63) is 28.8 Å². The Bertz CT molecular complexity index is 677. The van der Waals surface area contributed by atoms with E-state index in [2.05, 4.69) is 17.2 Å². The van der Waals surface area contributed by atoms with E-state index in [0.29, 0.717) is 16.3 Å². The second kappa shape index (κ2) is 6.37. The Kier molecular flexibility index (Phi) is 4.45. The van der Waals surface area contributed by atoms with E-state index in [-0.39, 0.29) is 12.5 Å². The summed E-state index contributed by atoms with van der Waals surface area (Å²) in [7, 11) is 0. The Morgan fingerprint density at radius 3 is 2.78 bits per heavy atom. The van der Waals surface area contributed by atoms with Crippen molar-refractivity contribution >= 4 is 23.3 Å². The van der Waals surface area contributed by atoms with Crippen LogP contribution in [0, 0.1) is 23.7 Å². The van der Waals surface area contributed by atoms with E-state index in [1.807, 2.05) is 0 Å². The number of hydrogen-bond donors (Lipinski definition) is 1. The molecule has 0 amide bonds. The van der Waals surface area contributed by atoms with Crippen molar-refractivity contribution in [2.75, 3.05) is 25.2 Å². The number of fused-ring (bicyclic) bond motifs is 1. The van der Waals surface area contributed by atoms with E-state index < -0.39 is 30.8 Å². The lowest BCUT2D eigenvalue weighted by Crippen LogP contribution is -2.41. The van der Waals surface area contributed by atoms with E-state index in [9.17, 15) is 13.6 Å². The molecule has 1 N–H and O–H groups in total. The minimum Gasteiger partial charge on any atom is -0.439 e. The third kappa shape index (κ3) is 3.13. The smallest absolute Gasteiger partial charge is 0.327 e. The monoisotopic (exact) mass is 339 g/mol. The zero-order chi connectivity index (χ0) is 16.4. The molecule has 0 spiro atoms. The molecule has 0 saturated heterocycles. The normalized spacial score (nSPS) is 23.2. The van der Waals surface area contributed by atoms with Gasteiger partial charge in [-0.1, -0.05) is 17.5 Å². The molecule has 1 aromatic carbocycles. The zero-order valence-electron chi connectivity index (χ0n) is 12.4. The summed E-state index contributed by atoms with van der Waals surface area (Å²) < 4.78 is 32.5. The molecule has 23 heavy (non-hydrogen) atoms. The summed E-state index contributed by atoms with van der Waals surface area (Å²) in [4.78, 5) is 12.0. The Morgan fingerprint density at radius 1 is 1.39 bits per heavy atom. The van der Waals surface area contributed by atoms with Crippen LogP contribution in [0.15, 0.2) is 18.2 Å². The molecule has 1 atom stereocenters. The lowest BCUT2D eigenvalue weighted by molar-refractivity contribution is -0.158. The van der Waals surface area contributed by atoms with Gasteiger partial charge in [-0.05, 0) is 37.0 Å². The van der Waals surface area contributed by atoms with Gasteiger partial charge >= 0.3 is 5.97 Å². The van der Waals surface area contributed by atoms with Crippen LogP contribution >= 0.6 is 11.6 Å². The topological polar surface area (TPSA) is 38.3 Å². The maximum Gasteiger partial charge on any atom is 0.327 e. The Balaban J connectivity index is 2.20. The first-order valence-corrected chi connectivity index (χ1v) is 7.87. The lowest BCUT2D eigenvalue weighted by Gasteiger charge is -2.33. The predicted octanol–water partition coefficient (Wildman–Crippen LogP) is 3.47. The quantitative estimate of drug-likeness (QED) is 0.677. The summed E-state index contributed by atoms with van der Waals surface area (Å²) in [5.74, 6) is 4.27. The molecular weight excluding hydrogens is 324 g/mol. The van der Waals surface area contributed by atoms with E-state index in [4.69, 9.17) is 16.3 Å². The fourth-order valence-corrected chi connectivity index (χ4v) is 2.78. The molecule has 0 radical (unpaired) electrons. The summed E-state index contributed by atoms with van der Waals surface area (Å²) in [5.41, 5.74) is -0.700. The Morgan fingerprint density at radius 2 is 2.13 bits per heavy atom. The number of cyclic esters (lactones) is 1. The van der Waals surface area contributed by atoms with Crippen LogP contribution < -0.4 is 5.32 Å². The van der Waals surface area contributed by atoms with Crippen molar-refractivity contribution in [2.24, 2.45) is 11.8 Å². The molecule has 2 aliphatic rings. The van der Waals surface area contributed by atoms with Gasteiger partial charge in [-0.25, -0.2) is 0 Å². The number of hydrogen-bond acceptors (Lipinski definition) is 3. The van der Waals surface area contributed by atoms with Gasteiger partial charge in [0.05, 0.1) is 19.3 Å². The highest BCUT2D eigenvalue weighted by atomic mass is 35.5. The number of alkyl halides is 2. The van der Waals surface area contributed by atoms with Gasteiger partial charge in [0, 0.05) is 22.2 Å². The average Bonchev–Trinajstić information content (AvgIpc) is 3.36. The van der Waals surface area contributed by atoms with Crippen LogP contribution in [0.2, 0.25) is 5.02 Å². The van der Waals surface area contributed by atoms with Gasteiger partial charge in [-0.2, -0.15) is 0 Å². The number of nitrogens with one attached hydrogen (secondary N) is 1. The van der Waals surface area contributed by atoms with Gasteiger partial charge in [0.2, 0.25) is 5.60 Å². The number of halogens is 3. The Labute approximate surface area is 138 Å². The Hall–Kier alpha value is -1.80. The highest BCUT2D eigenvalue weighted by Crippen LogP contribution is 2.42.